The molecule has 232 valence electrons. The molecule has 0 saturated heterocycles. The molecular formula is C30H43F6N3OS. The minimum absolute atomic E-state index is 0.204. The van der Waals surface area contributed by atoms with E-state index in [-0.39, 0.29) is 23.6 Å². The van der Waals surface area contributed by atoms with Crippen molar-refractivity contribution < 1.29 is 31.4 Å². The van der Waals surface area contributed by atoms with Crippen molar-refractivity contribution in [1.82, 2.24) is 9.88 Å². The number of hydrogen-bond donors (Lipinski definition) is 2. The van der Waals surface area contributed by atoms with Gasteiger partial charge in [-0.05, 0) is 62.1 Å². The zero-order valence-corrected chi connectivity index (χ0v) is 25.3. The molecule has 11 heteroatoms. The lowest BCUT2D eigenvalue weighted by Crippen LogP contribution is -2.35. The van der Waals surface area contributed by atoms with Crippen LogP contribution in [0.25, 0.3) is 10.9 Å². The van der Waals surface area contributed by atoms with Crippen molar-refractivity contribution in [3.8, 4) is 11.8 Å². The summed E-state index contributed by atoms with van der Waals surface area (Å²) in [6, 6.07) is 7.18. The first-order chi connectivity index (χ1) is 19.9. The number of thioether (sulfide) groups is 1. The summed E-state index contributed by atoms with van der Waals surface area (Å²) in [7, 11) is 1.00. The highest BCUT2D eigenvalue weighted by Crippen LogP contribution is 2.32. The summed E-state index contributed by atoms with van der Waals surface area (Å²) in [5.41, 5.74) is 1.66. The normalized spacial score (nSPS) is 18.7. The van der Waals surface area contributed by atoms with Crippen molar-refractivity contribution >= 4 is 28.4 Å². The first kappa shape index (κ1) is 36.6. The summed E-state index contributed by atoms with van der Waals surface area (Å²) in [5.74, 6) is 6.08. The third kappa shape index (κ3) is 11.4. The van der Waals surface area contributed by atoms with Crippen LogP contribution in [0.5, 0.6) is 0 Å². The van der Waals surface area contributed by atoms with E-state index in [1.165, 1.54) is 11.0 Å². The molecule has 2 unspecified atom stereocenters. The molecule has 2 aromatic rings. The standard InChI is InChI=1S/C26H31F4N3OS.C2H6.2CH3F/c1-35-20-12-13-23(25(16-20)34-30)31-14-6-9-19-15-21-22(32-18-7-3-2-4-8-18)10-5-11-24(21)33(19)17-26(27,28)29;3*1-2/h5,10-11,15-16,18,20,23,31-32H,2-4,7-8,12-14,17H2,1H3;1-2H3;2*1H3. The number of nitrogens with one attached hydrogen (secondary N) is 2. The molecule has 1 heterocycles. The number of anilines is 1. The van der Waals surface area contributed by atoms with E-state index in [0.717, 1.165) is 43.2 Å². The Bertz CT molecular complexity index is 1100. The largest absolute Gasteiger partial charge is 0.406 e. The van der Waals surface area contributed by atoms with Gasteiger partial charge in [-0.3, -0.25) is 19.0 Å². The minimum atomic E-state index is -4.37. The summed E-state index contributed by atoms with van der Waals surface area (Å²) in [6.07, 6.45) is 6.63. The van der Waals surface area contributed by atoms with Gasteiger partial charge in [0.25, 0.3) is 0 Å². The van der Waals surface area contributed by atoms with Crippen LogP contribution in [-0.2, 0) is 11.5 Å². The maximum absolute atomic E-state index is 13.4. The monoisotopic (exact) mass is 607 g/mol. The SMILES string of the molecule is CC.CF.CF.CSC1C=C(OF)C(NCC#Cc2cc3c(NC4CCCCC4)cccc3n2CC(F)(F)F)CC1. The number of halogens is 6. The Morgan fingerprint density at radius 1 is 1.02 bits per heavy atom. The van der Waals surface area contributed by atoms with Gasteiger partial charge >= 0.3 is 6.18 Å². The van der Waals surface area contributed by atoms with Gasteiger partial charge in [0.1, 0.15) is 6.54 Å². The first-order valence-corrected chi connectivity index (χ1v) is 15.1. The average Bonchev–Trinajstić information content (AvgIpc) is 3.35. The quantitative estimate of drug-likeness (QED) is 0.244. The van der Waals surface area contributed by atoms with E-state index in [1.807, 2.05) is 26.2 Å². The van der Waals surface area contributed by atoms with Crippen LogP contribution in [0.3, 0.4) is 0 Å². The van der Waals surface area contributed by atoms with Gasteiger partial charge in [0, 0.05) is 26.9 Å². The molecule has 0 aliphatic heterocycles. The van der Waals surface area contributed by atoms with E-state index in [1.54, 1.807) is 36.0 Å². The molecule has 1 aromatic carbocycles. The van der Waals surface area contributed by atoms with E-state index in [9.17, 15) is 26.5 Å². The van der Waals surface area contributed by atoms with Crippen molar-refractivity contribution in [2.45, 2.75) is 88.8 Å². The summed E-state index contributed by atoms with van der Waals surface area (Å²) in [4.78, 5) is 4.04. The first-order valence-electron chi connectivity index (χ1n) is 13.8. The zero-order chi connectivity index (χ0) is 30.8. The molecule has 1 fully saturated rings. The summed E-state index contributed by atoms with van der Waals surface area (Å²) in [5, 5.41) is 7.64. The Labute approximate surface area is 244 Å². The topological polar surface area (TPSA) is 38.2 Å². The summed E-state index contributed by atoms with van der Waals surface area (Å²) >= 11 is 1.63. The van der Waals surface area contributed by atoms with Crippen LogP contribution in [0.1, 0.15) is 64.5 Å². The van der Waals surface area contributed by atoms with Crippen LogP contribution in [0.15, 0.2) is 36.1 Å². The van der Waals surface area contributed by atoms with Gasteiger partial charge in [0.2, 0.25) is 0 Å². The predicted octanol–water partition coefficient (Wildman–Crippen LogP) is 8.77. The fraction of sp³-hybridized carbons (Fsp3) is 0.600. The van der Waals surface area contributed by atoms with Gasteiger partial charge in [0.05, 0.1) is 38.2 Å². The van der Waals surface area contributed by atoms with Gasteiger partial charge in [-0.1, -0.05) is 45.1 Å². The molecule has 0 radical (unpaired) electrons. The van der Waals surface area contributed by atoms with Gasteiger partial charge < -0.3 is 9.88 Å². The van der Waals surface area contributed by atoms with Crippen molar-refractivity contribution in [1.29, 1.82) is 0 Å². The molecule has 41 heavy (non-hydrogen) atoms. The third-order valence-electron chi connectivity index (χ3n) is 6.73. The average molecular weight is 608 g/mol. The van der Waals surface area contributed by atoms with Crippen molar-refractivity contribution in [2.75, 3.05) is 32.5 Å². The molecule has 4 nitrogen and oxygen atoms in total. The Morgan fingerprint density at radius 2 is 1.71 bits per heavy atom. The second kappa shape index (κ2) is 19.6. The molecule has 0 bridgehead atoms. The zero-order valence-electron chi connectivity index (χ0n) is 24.5. The number of fused-ring (bicyclic) bond motifs is 1. The number of alkyl halides is 5. The molecule has 0 spiro atoms. The maximum Gasteiger partial charge on any atom is 0.406 e. The van der Waals surface area contributed by atoms with Crippen LogP contribution >= 0.6 is 11.8 Å². The molecule has 0 amide bonds. The number of aromatic nitrogens is 1. The van der Waals surface area contributed by atoms with Gasteiger partial charge in [-0.2, -0.15) is 24.9 Å². The molecule has 1 saturated carbocycles. The predicted molar refractivity (Wildman–Crippen MR) is 159 cm³/mol. The molecule has 2 atom stereocenters. The molecule has 4 rings (SSSR count). The number of rotatable bonds is 7. The molecule has 2 N–H and O–H groups in total. The van der Waals surface area contributed by atoms with E-state index in [2.05, 4.69) is 27.4 Å². The van der Waals surface area contributed by atoms with Crippen molar-refractivity contribution in [3.63, 3.8) is 0 Å². The van der Waals surface area contributed by atoms with Crippen molar-refractivity contribution in [3.05, 3.63) is 41.8 Å². The Kier molecular flexibility index (Phi) is 17.5. The second-order valence-electron chi connectivity index (χ2n) is 9.18. The van der Waals surface area contributed by atoms with Gasteiger partial charge in [-0.15, -0.1) is 0 Å². The summed E-state index contributed by atoms with van der Waals surface area (Å²) in [6.45, 7) is 3.10. The minimum Gasteiger partial charge on any atom is -0.382 e. The van der Waals surface area contributed by atoms with Gasteiger partial charge in [-0.25, -0.2) is 0 Å². The van der Waals surface area contributed by atoms with Crippen LogP contribution in [0.2, 0.25) is 0 Å². The second-order valence-corrected chi connectivity index (χ2v) is 10.3. The molecule has 1 aromatic heterocycles. The third-order valence-corrected chi connectivity index (χ3v) is 7.70. The van der Waals surface area contributed by atoms with E-state index in [4.69, 9.17) is 0 Å². The fourth-order valence-corrected chi connectivity index (χ4v) is 5.61. The maximum atomic E-state index is 13.4. The highest BCUT2D eigenvalue weighted by Gasteiger charge is 2.30. The van der Waals surface area contributed by atoms with E-state index in [0.29, 0.717) is 38.0 Å². The molecule has 2 aliphatic carbocycles. The summed E-state index contributed by atoms with van der Waals surface area (Å²) < 4.78 is 73.5. The Morgan fingerprint density at radius 3 is 2.32 bits per heavy atom. The van der Waals surface area contributed by atoms with E-state index < -0.39 is 12.7 Å². The van der Waals surface area contributed by atoms with E-state index >= 15 is 0 Å². The number of benzene rings is 1. The lowest BCUT2D eigenvalue weighted by Gasteiger charge is -2.25. The molecule has 2 aliphatic rings. The highest BCUT2D eigenvalue weighted by atomic mass is 32.2. The molecular weight excluding hydrogens is 564 g/mol. The van der Waals surface area contributed by atoms with Crippen LogP contribution in [0, 0.1) is 11.8 Å². The Balaban J connectivity index is 0.00000131. The lowest BCUT2D eigenvalue weighted by atomic mass is 9.95. The number of nitrogens with zero attached hydrogens (tertiary/aromatic N) is 1. The van der Waals surface area contributed by atoms with Gasteiger partial charge in [0.15, 0.2) is 5.76 Å². The number of hydrogen-bond acceptors (Lipinski definition) is 4. The Hall–Kier alpha value is -2.45. The van der Waals surface area contributed by atoms with Crippen LogP contribution < -0.4 is 10.6 Å². The lowest BCUT2D eigenvalue weighted by molar-refractivity contribution is -0.140. The smallest absolute Gasteiger partial charge is 0.382 e. The van der Waals surface area contributed by atoms with Crippen LogP contribution in [0.4, 0.5) is 32.2 Å². The highest BCUT2D eigenvalue weighted by molar-refractivity contribution is 7.99. The fourth-order valence-electron chi connectivity index (χ4n) is 4.96. The van der Waals surface area contributed by atoms with Crippen LogP contribution in [-0.4, -0.2) is 55.2 Å². The van der Waals surface area contributed by atoms with Crippen molar-refractivity contribution in [2.24, 2.45) is 0 Å².